The molecule has 1 saturated heterocycles. The van der Waals surface area contributed by atoms with Crippen LogP contribution in [0.25, 0.3) is 0 Å². The van der Waals surface area contributed by atoms with Crippen molar-refractivity contribution in [1.82, 2.24) is 20.9 Å². The molecule has 0 saturated carbocycles. The van der Waals surface area contributed by atoms with Gasteiger partial charge in [-0.25, -0.2) is 4.79 Å². The summed E-state index contributed by atoms with van der Waals surface area (Å²) in [6, 6.07) is 17.4. The molecular formula is C31H39N5O2. The standard InChI is InChI=1S/C31H39N5O2/c1-23(2)19-31(18-17-24-9-5-3-6-10-24)28(37)36(29(32)35-31)22-27-15-13-26(14-16-27)21-34-30(38)33-20-25-11-7-4-8-12-25/h3-5,7-9,11-16,23H,6,10,17-22H2,1-2H3,(H2,32,35)(H2,33,34,38). The van der Waals surface area contributed by atoms with E-state index in [4.69, 9.17) is 5.41 Å². The van der Waals surface area contributed by atoms with Crippen LogP contribution in [0.15, 0.2) is 78.4 Å². The van der Waals surface area contributed by atoms with E-state index in [2.05, 4.69) is 48.0 Å². The number of carbonyl (C=O) groups is 2. The van der Waals surface area contributed by atoms with Crippen LogP contribution in [0.1, 0.15) is 62.6 Å². The fraction of sp³-hybridized carbons (Fsp3) is 0.387. The Morgan fingerprint density at radius 1 is 1.03 bits per heavy atom. The SMILES string of the molecule is CC(C)CC1(CCC2=CC=CCC2)NC(=N)N(Cc2ccc(CNC(=O)NCc3ccccc3)cc2)C1=O. The topological polar surface area (TPSA) is 97.3 Å². The first-order chi connectivity index (χ1) is 18.3. The van der Waals surface area contributed by atoms with E-state index in [0.717, 1.165) is 36.0 Å². The zero-order valence-corrected chi connectivity index (χ0v) is 22.4. The van der Waals surface area contributed by atoms with Crippen LogP contribution in [0.4, 0.5) is 4.79 Å². The van der Waals surface area contributed by atoms with E-state index < -0.39 is 5.54 Å². The fourth-order valence-corrected chi connectivity index (χ4v) is 5.17. The molecule has 0 bridgehead atoms. The predicted octanol–water partition coefficient (Wildman–Crippen LogP) is 5.39. The maximum Gasteiger partial charge on any atom is 0.315 e. The smallest absolute Gasteiger partial charge is 0.315 e. The average molecular weight is 514 g/mol. The van der Waals surface area contributed by atoms with Gasteiger partial charge in [0.25, 0.3) is 5.91 Å². The molecule has 4 rings (SSSR count). The second kappa shape index (κ2) is 12.6. The van der Waals surface area contributed by atoms with Gasteiger partial charge in [-0.05, 0) is 54.7 Å². The molecular weight excluding hydrogens is 474 g/mol. The third-order valence-corrected chi connectivity index (χ3v) is 7.12. The molecule has 2 aromatic rings. The molecule has 1 aliphatic carbocycles. The van der Waals surface area contributed by atoms with E-state index in [1.165, 1.54) is 5.57 Å². The molecule has 2 aliphatic rings. The molecule has 4 N–H and O–H groups in total. The highest BCUT2D eigenvalue weighted by Crippen LogP contribution is 2.33. The molecule has 0 aromatic heterocycles. The van der Waals surface area contributed by atoms with Crippen molar-refractivity contribution in [2.45, 2.75) is 71.1 Å². The van der Waals surface area contributed by atoms with Crippen molar-refractivity contribution >= 4 is 17.9 Å². The van der Waals surface area contributed by atoms with Crippen LogP contribution in [-0.4, -0.2) is 28.3 Å². The van der Waals surface area contributed by atoms with Crippen LogP contribution in [0.3, 0.4) is 0 Å². The highest BCUT2D eigenvalue weighted by atomic mass is 16.2. The minimum absolute atomic E-state index is 0.0102. The van der Waals surface area contributed by atoms with Crippen molar-refractivity contribution in [3.63, 3.8) is 0 Å². The zero-order valence-electron chi connectivity index (χ0n) is 22.4. The van der Waals surface area contributed by atoms with Gasteiger partial charge in [0, 0.05) is 13.1 Å². The van der Waals surface area contributed by atoms with E-state index in [1.54, 1.807) is 4.90 Å². The van der Waals surface area contributed by atoms with Gasteiger partial charge in [-0.3, -0.25) is 15.1 Å². The number of amides is 3. The second-order valence-electron chi connectivity index (χ2n) is 10.7. The molecule has 1 aliphatic heterocycles. The van der Waals surface area contributed by atoms with Crippen molar-refractivity contribution < 1.29 is 9.59 Å². The van der Waals surface area contributed by atoms with Gasteiger partial charge in [-0.2, -0.15) is 0 Å². The maximum atomic E-state index is 13.7. The first kappa shape index (κ1) is 27.2. The summed E-state index contributed by atoms with van der Waals surface area (Å²) in [5, 5.41) is 17.6. The van der Waals surface area contributed by atoms with Gasteiger partial charge in [0.1, 0.15) is 5.54 Å². The summed E-state index contributed by atoms with van der Waals surface area (Å²) < 4.78 is 0. The van der Waals surface area contributed by atoms with Crippen LogP contribution in [-0.2, 0) is 24.4 Å². The number of hydrogen-bond acceptors (Lipinski definition) is 3. The van der Waals surface area contributed by atoms with Crippen LogP contribution < -0.4 is 16.0 Å². The van der Waals surface area contributed by atoms with Gasteiger partial charge < -0.3 is 16.0 Å². The molecule has 1 fully saturated rings. The molecule has 1 atom stereocenters. The third kappa shape index (κ3) is 7.12. The molecule has 3 amide bonds. The average Bonchev–Trinajstić information content (AvgIpc) is 3.15. The Balaban J connectivity index is 1.32. The quantitative estimate of drug-likeness (QED) is 0.324. The number of benzene rings is 2. The van der Waals surface area contributed by atoms with Crippen LogP contribution in [0.5, 0.6) is 0 Å². The monoisotopic (exact) mass is 513 g/mol. The van der Waals surface area contributed by atoms with Crippen LogP contribution >= 0.6 is 0 Å². The minimum Gasteiger partial charge on any atom is -0.342 e. The van der Waals surface area contributed by atoms with E-state index in [9.17, 15) is 9.59 Å². The van der Waals surface area contributed by atoms with E-state index in [-0.39, 0.29) is 17.9 Å². The third-order valence-electron chi connectivity index (χ3n) is 7.12. The summed E-state index contributed by atoms with van der Waals surface area (Å²) in [7, 11) is 0. The fourth-order valence-electron chi connectivity index (χ4n) is 5.17. The first-order valence-corrected chi connectivity index (χ1v) is 13.5. The van der Waals surface area contributed by atoms with Crippen molar-refractivity contribution in [2.75, 3.05) is 0 Å². The number of nitrogens with zero attached hydrogens (tertiary/aromatic N) is 1. The molecule has 1 heterocycles. The Hall–Kier alpha value is -3.87. The van der Waals surface area contributed by atoms with Gasteiger partial charge in [-0.15, -0.1) is 0 Å². The Kier molecular flexibility index (Phi) is 9.00. The highest BCUT2D eigenvalue weighted by molar-refractivity contribution is 6.07. The molecule has 7 heteroatoms. The lowest BCUT2D eigenvalue weighted by Gasteiger charge is -2.29. The maximum absolute atomic E-state index is 13.7. The number of hydrogen-bond donors (Lipinski definition) is 4. The van der Waals surface area contributed by atoms with Crippen molar-refractivity contribution in [3.05, 3.63) is 95.1 Å². The number of carbonyl (C=O) groups excluding carboxylic acids is 2. The van der Waals surface area contributed by atoms with Gasteiger partial charge in [0.2, 0.25) is 0 Å². The first-order valence-electron chi connectivity index (χ1n) is 13.5. The van der Waals surface area contributed by atoms with Gasteiger partial charge >= 0.3 is 6.03 Å². The number of guanidine groups is 1. The number of urea groups is 1. The number of nitrogens with one attached hydrogen (secondary N) is 4. The zero-order chi connectivity index (χ0) is 27.0. The summed E-state index contributed by atoms with van der Waals surface area (Å²) in [6.45, 7) is 5.48. The summed E-state index contributed by atoms with van der Waals surface area (Å²) in [4.78, 5) is 27.4. The lowest BCUT2D eigenvalue weighted by atomic mass is 9.82. The minimum atomic E-state index is -0.732. The molecule has 200 valence electrons. The van der Waals surface area contributed by atoms with Crippen molar-refractivity contribution in [3.8, 4) is 0 Å². The second-order valence-corrected chi connectivity index (χ2v) is 10.7. The summed E-state index contributed by atoms with van der Waals surface area (Å²) >= 11 is 0. The van der Waals surface area contributed by atoms with Gasteiger partial charge in [0.05, 0.1) is 6.54 Å². The van der Waals surface area contributed by atoms with Crippen molar-refractivity contribution in [1.29, 1.82) is 5.41 Å². The summed E-state index contributed by atoms with van der Waals surface area (Å²) in [5.74, 6) is 0.495. The van der Waals surface area contributed by atoms with Crippen molar-refractivity contribution in [2.24, 2.45) is 5.92 Å². The van der Waals surface area contributed by atoms with E-state index in [0.29, 0.717) is 38.4 Å². The lowest BCUT2D eigenvalue weighted by Crippen LogP contribution is -2.48. The van der Waals surface area contributed by atoms with E-state index >= 15 is 0 Å². The molecule has 0 radical (unpaired) electrons. The number of allylic oxidation sites excluding steroid dienone is 4. The largest absolute Gasteiger partial charge is 0.342 e. The molecule has 1 unspecified atom stereocenters. The number of rotatable bonds is 11. The summed E-state index contributed by atoms with van der Waals surface area (Å²) in [5.41, 5.74) is 3.60. The van der Waals surface area contributed by atoms with Crippen LogP contribution in [0, 0.1) is 11.3 Å². The molecule has 2 aromatic carbocycles. The Morgan fingerprint density at radius 3 is 2.32 bits per heavy atom. The normalized spacial score (nSPS) is 18.9. The highest BCUT2D eigenvalue weighted by Gasteiger charge is 2.49. The Morgan fingerprint density at radius 2 is 1.68 bits per heavy atom. The Bertz CT molecular complexity index is 1190. The van der Waals surface area contributed by atoms with Gasteiger partial charge in [-0.1, -0.05) is 92.2 Å². The lowest BCUT2D eigenvalue weighted by molar-refractivity contribution is -0.132. The molecule has 38 heavy (non-hydrogen) atoms. The van der Waals surface area contributed by atoms with Gasteiger partial charge in [0.15, 0.2) is 5.96 Å². The van der Waals surface area contributed by atoms with Crippen LogP contribution in [0.2, 0.25) is 0 Å². The van der Waals surface area contributed by atoms with E-state index in [1.807, 2.05) is 54.6 Å². The Labute approximate surface area is 225 Å². The molecule has 0 spiro atoms. The predicted molar refractivity (Wildman–Crippen MR) is 151 cm³/mol. The molecule has 7 nitrogen and oxygen atoms in total. The summed E-state index contributed by atoms with van der Waals surface area (Å²) in [6.07, 6.45) is 10.8.